The van der Waals surface area contributed by atoms with Crippen LogP contribution < -0.4 is 0 Å². The molecule has 4 aromatic heterocycles. The molecule has 0 aliphatic heterocycles. The van der Waals surface area contributed by atoms with Crippen LogP contribution in [-0.4, -0.2) is 46.5 Å². The summed E-state index contributed by atoms with van der Waals surface area (Å²) in [5.74, 6) is 0. The number of nitrogens with zero attached hydrogens (tertiary/aromatic N) is 7. The van der Waals surface area contributed by atoms with Gasteiger partial charge in [-0.25, -0.2) is 9.67 Å². The van der Waals surface area contributed by atoms with E-state index in [9.17, 15) is 0 Å². The van der Waals surface area contributed by atoms with Crippen LogP contribution in [0.3, 0.4) is 0 Å². The lowest BCUT2D eigenvalue weighted by Gasteiger charge is -2.17. The molecule has 0 atom stereocenters. The van der Waals surface area contributed by atoms with Crippen LogP contribution in [-0.2, 0) is 12.1 Å². The summed E-state index contributed by atoms with van der Waals surface area (Å²) in [4.78, 5) is 9.31. The first-order valence-electron chi connectivity index (χ1n) is 9.99. The van der Waals surface area contributed by atoms with E-state index >= 15 is 0 Å². The van der Waals surface area contributed by atoms with Crippen LogP contribution >= 0.6 is 0 Å². The Balaban J connectivity index is 1.45. The second-order valence-electron chi connectivity index (χ2n) is 7.70. The molecule has 0 radical (unpaired) electrons. The van der Waals surface area contributed by atoms with E-state index in [1.807, 2.05) is 35.3 Å². The molecule has 1 aliphatic carbocycles. The highest BCUT2D eigenvalue weighted by Gasteiger charge is 2.48. The minimum absolute atomic E-state index is 0.0497. The number of hydrogen-bond donors (Lipinski definition) is 1. The fourth-order valence-electron chi connectivity index (χ4n) is 4.09. The normalized spacial score (nSPS) is 15.1. The van der Waals surface area contributed by atoms with E-state index in [1.165, 1.54) is 5.56 Å². The third-order valence-electron chi connectivity index (χ3n) is 5.82. The zero-order chi connectivity index (χ0) is 20.1. The van der Waals surface area contributed by atoms with E-state index in [1.54, 1.807) is 10.9 Å². The Labute approximate surface area is 171 Å². The fraction of sp³-hybridized carbons (Fsp3) is 0.227. The van der Waals surface area contributed by atoms with Crippen LogP contribution in [0.1, 0.15) is 18.4 Å². The van der Waals surface area contributed by atoms with E-state index in [4.69, 9.17) is 10.1 Å². The molecule has 5 aromatic rings. The highest BCUT2D eigenvalue weighted by molar-refractivity contribution is 5.80. The second kappa shape index (κ2) is 6.43. The summed E-state index contributed by atoms with van der Waals surface area (Å²) in [5, 5.41) is 23.4. The molecule has 0 saturated heterocycles. The molecule has 0 amide bonds. The van der Waals surface area contributed by atoms with Crippen molar-refractivity contribution in [3.05, 3.63) is 66.6 Å². The van der Waals surface area contributed by atoms with Gasteiger partial charge in [0.2, 0.25) is 0 Å². The number of aromatic nitrogens is 7. The van der Waals surface area contributed by atoms with Gasteiger partial charge in [-0.15, -0.1) is 5.10 Å². The fourth-order valence-corrected chi connectivity index (χ4v) is 4.09. The summed E-state index contributed by atoms with van der Waals surface area (Å²) >= 11 is 0. The quantitative estimate of drug-likeness (QED) is 0.490. The average molecular weight is 397 g/mol. The van der Waals surface area contributed by atoms with Gasteiger partial charge >= 0.3 is 0 Å². The number of pyridine rings is 2. The number of benzene rings is 1. The van der Waals surface area contributed by atoms with Gasteiger partial charge < -0.3 is 5.11 Å². The maximum absolute atomic E-state index is 9.12. The van der Waals surface area contributed by atoms with Crippen molar-refractivity contribution in [1.82, 2.24) is 34.7 Å². The summed E-state index contributed by atoms with van der Waals surface area (Å²) < 4.78 is 3.68. The highest BCUT2D eigenvalue weighted by atomic mass is 16.3. The molecule has 6 rings (SSSR count). The number of aliphatic hydroxyl groups excluding tert-OH is 1. The molecule has 30 heavy (non-hydrogen) atoms. The molecule has 8 heteroatoms. The number of aliphatic hydroxyl groups is 1. The second-order valence-corrected chi connectivity index (χ2v) is 7.70. The molecule has 0 spiro atoms. The van der Waals surface area contributed by atoms with E-state index in [2.05, 4.69) is 44.7 Å². The molecule has 1 fully saturated rings. The van der Waals surface area contributed by atoms with Crippen molar-refractivity contribution in [2.24, 2.45) is 0 Å². The van der Waals surface area contributed by atoms with Crippen LogP contribution in [0.5, 0.6) is 0 Å². The Morgan fingerprint density at radius 3 is 2.83 bits per heavy atom. The third kappa shape index (κ3) is 2.61. The predicted octanol–water partition coefficient (Wildman–Crippen LogP) is 2.77. The molecule has 1 aromatic carbocycles. The van der Waals surface area contributed by atoms with Gasteiger partial charge in [-0.2, -0.15) is 5.10 Å². The van der Waals surface area contributed by atoms with Crippen molar-refractivity contribution >= 4 is 22.1 Å². The summed E-state index contributed by atoms with van der Waals surface area (Å²) in [6, 6.07) is 14.3. The lowest BCUT2D eigenvalue weighted by Crippen LogP contribution is -2.20. The van der Waals surface area contributed by atoms with Crippen LogP contribution in [0.4, 0.5) is 0 Å². The molecule has 0 unspecified atom stereocenters. The van der Waals surface area contributed by atoms with Gasteiger partial charge in [-0.3, -0.25) is 9.67 Å². The zero-order valence-corrected chi connectivity index (χ0v) is 16.2. The summed E-state index contributed by atoms with van der Waals surface area (Å²) in [6.45, 7) is 0.510. The van der Waals surface area contributed by atoms with Crippen molar-refractivity contribution in [1.29, 1.82) is 0 Å². The predicted molar refractivity (Wildman–Crippen MR) is 112 cm³/mol. The van der Waals surface area contributed by atoms with Crippen LogP contribution in [0.2, 0.25) is 0 Å². The first-order chi connectivity index (χ1) is 14.8. The van der Waals surface area contributed by atoms with Crippen molar-refractivity contribution < 1.29 is 5.11 Å². The molecule has 148 valence electrons. The Morgan fingerprint density at radius 1 is 1.07 bits per heavy atom. The summed E-state index contributed by atoms with van der Waals surface area (Å²) in [6.07, 6.45) is 7.46. The Kier molecular flexibility index (Phi) is 3.69. The summed E-state index contributed by atoms with van der Waals surface area (Å²) in [7, 11) is 0. The standard InChI is InChI=1S/C22H19N7O/c30-11-10-28-14-16(13-24-28)19-5-6-20-21(25-19)29(27-26-20)22(7-8-22)17-3-4-18-15(12-17)2-1-9-23-18/h1-6,9,12-14,30H,7-8,10-11H2. The van der Waals surface area contributed by atoms with Crippen LogP contribution in [0.15, 0.2) is 61.1 Å². The van der Waals surface area contributed by atoms with Crippen molar-refractivity contribution in [2.45, 2.75) is 24.9 Å². The molecule has 1 saturated carbocycles. The average Bonchev–Trinajstić information content (AvgIpc) is 3.25. The number of rotatable bonds is 5. The van der Waals surface area contributed by atoms with Gasteiger partial charge in [-0.1, -0.05) is 17.3 Å². The molecule has 0 bridgehead atoms. The monoisotopic (exact) mass is 397 g/mol. The molecular formula is C22H19N7O. The zero-order valence-electron chi connectivity index (χ0n) is 16.2. The van der Waals surface area contributed by atoms with Crippen molar-refractivity contribution in [3.63, 3.8) is 0 Å². The van der Waals surface area contributed by atoms with Crippen LogP contribution in [0.25, 0.3) is 33.3 Å². The molecular weight excluding hydrogens is 378 g/mol. The lowest BCUT2D eigenvalue weighted by atomic mass is 10.0. The maximum atomic E-state index is 9.12. The van der Waals surface area contributed by atoms with E-state index in [0.29, 0.717) is 6.54 Å². The van der Waals surface area contributed by atoms with Crippen molar-refractivity contribution in [3.8, 4) is 11.3 Å². The van der Waals surface area contributed by atoms with E-state index in [-0.39, 0.29) is 12.1 Å². The smallest absolute Gasteiger partial charge is 0.179 e. The van der Waals surface area contributed by atoms with Gasteiger partial charge in [0.1, 0.15) is 5.52 Å². The first kappa shape index (κ1) is 17.2. The Hall–Kier alpha value is -3.65. The van der Waals surface area contributed by atoms with Gasteiger partial charge in [-0.05, 0) is 48.7 Å². The van der Waals surface area contributed by atoms with E-state index < -0.39 is 0 Å². The largest absolute Gasteiger partial charge is 0.394 e. The molecule has 1 aliphatic rings. The Bertz CT molecular complexity index is 1380. The lowest BCUT2D eigenvalue weighted by molar-refractivity contribution is 0.269. The minimum atomic E-state index is -0.217. The number of fused-ring (bicyclic) bond motifs is 2. The molecule has 1 N–H and O–H groups in total. The first-order valence-corrected chi connectivity index (χ1v) is 9.99. The number of hydrogen-bond acceptors (Lipinski definition) is 6. The van der Waals surface area contributed by atoms with Gasteiger partial charge in [0.25, 0.3) is 0 Å². The van der Waals surface area contributed by atoms with Gasteiger partial charge in [0, 0.05) is 23.3 Å². The van der Waals surface area contributed by atoms with Gasteiger partial charge in [0.15, 0.2) is 5.65 Å². The summed E-state index contributed by atoms with van der Waals surface area (Å²) in [5.41, 5.74) is 5.24. The highest BCUT2D eigenvalue weighted by Crippen LogP contribution is 2.50. The maximum Gasteiger partial charge on any atom is 0.179 e. The van der Waals surface area contributed by atoms with Gasteiger partial charge in [0.05, 0.1) is 36.1 Å². The van der Waals surface area contributed by atoms with Crippen LogP contribution in [0, 0.1) is 0 Å². The molecule has 4 heterocycles. The molecule has 8 nitrogen and oxygen atoms in total. The topological polar surface area (TPSA) is 94.5 Å². The SMILES string of the molecule is OCCn1cc(-c2ccc3nnn(C4(c5ccc6ncccc6c5)CC4)c3n2)cn1. The van der Waals surface area contributed by atoms with Crippen molar-refractivity contribution in [2.75, 3.05) is 6.61 Å². The van der Waals surface area contributed by atoms with E-state index in [0.717, 1.165) is 46.2 Å². The minimum Gasteiger partial charge on any atom is -0.394 e. The third-order valence-corrected chi connectivity index (χ3v) is 5.82. The Morgan fingerprint density at radius 2 is 1.97 bits per heavy atom.